The van der Waals surface area contributed by atoms with Crippen LogP contribution in [0.25, 0.3) is 0 Å². The minimum atomic E-state index is 0.109. The first kappa shape index (κ1) is 13.8. The summed E-state index contributed by atoms with van der Waals surface area (Å²) in [5, 5.41) is 3.47. The number of hydrogen-bond acceptors (Lipinski definition) is 3. The topological polar surface area (TPSA) is 47.7 Å². The van der Waals surface area contributed by atoms with Gasteiger partial charge in [-0.15, -0.1) is 0 Å². The molecule has 0 atom stereocenters. The average molecular weight is 261 g/mol. The van der Waals surface area contributed by atoms with Crippen LogP contribution < -0.4 is 5.32 Å². The molecule has 2 heterocycles. The van der Waals surface area contributed by atoms with E-state index in [9.17, 15) is 0 Å². The summed E-state index contributed by atoms with van der Waals surface area (Å²) in [5.41, 5.74) is 0.109. The Labute approximate surface area is 114 Å². The Morgan fingerprint density at radius 1 is 1.05 bits per heavy atom. The van der Waals surface area contributed by atoms with E-state index < -0.39 is 0 Å². The van der Waals surface area contributed by atoms with Crippen molar-refractivity contribution in [1.29, 1.82) is 0 Å². The maximum Gasteiger partial charge on any atom is 0.122 e. The van der Waals surface area contributed by atoms with Crippen LogP contribution in [0.2, 0.25) is 0 Å². The summed E-state index contributed by atoms with van der Waals surface area (Å²) in [7, 11) is 0. The van der Waals surface area contributed by atoms with Gasteiger partial charge in [0.25, 0.3) is 0 Å². The zero-order chi connectivity index (χ0) is 13.9. The van der Waals surface area contributed by atoms with E-state index in [-0.39, 0.29) is 5.54 Å². The van der Waals surface area contributed by atoms with Gasteiger partial charge in [-0.25, -0.2) is 9.97 Å². The van der Waals surface area contributed by atoms with Crippen LogP contribution in [0.3, 0.4) is 0 Å². The number of rotatable bonds is 5. The molecule has 5 heteroatoms. The van der Waals surface area contributed by atoms with Crippen LogP contribution in [0.4, 0.5) is 0 Å². The highest BCUT2D eigenvalue weighted by atomic mass is 15.1. The van der Waals surface area contributed by atoms with Gasteiger partial charge in [0.2, 0.25) is 0 Å². The van der Waals surface area contributed by atoms with E-state index in [1.807, 2.05) is 31.7 Å². The number of nitrogens with one attached hydrogen (secondary N) is 1. The Kier molecular flexibility index (Phi) is 4.04. The molecule has 5 nitrogen and oxygen atoms in total. The summed E-state index contributed by atoms with van der Waals surface area (Å²) in [6.07, 6.45) is 7.75. The maximum absolute atomic E-state index is 4.42. The quantitative estimate of drug-likeness (QED) is 0.895. The van der Waals surface area contributed by atoms with Crippen LogP contribution >= 0.6 is 0 Å². The fourth-order valence-corrected chi connectivity index (χ4v) is 1.91. The lowest BCUT2D eigenvalue weighted by Gasteiger charge is -2.20. The first-order chi connectivity index (χ1) is 8.96. The van der Waals surface area contributed by atoms with E-state index >= 15 is 0 Å². The predicted molar refractivity (Wildman–Crippen MR) is 75.8 cm³/mol. The monoisotopic (exact) mass is 261 g/mol. The Morgan fingerprint density at radius 2 is 1.68 bits per heavy atom. The second-order valence-electron chi connectivity index (χ2n) is 5.81. The van der Waals surface area contributed by atoms with Crippen molar-refractivity contribution in [2.45, 2.75) is 52.9 Å². The van der Waals surface area contributed by atoms with Gasteiger partial charge in [-0.05, 0) is 27.7 Å². The molecule has 1 N–H and O–H groups in total. The SMILES string of the molecule is Cc1nccn1CCn1ccnc1CNC(C)(C)C. The molecule has 0 radical (unpaired) electrons. The van der Waals surface area contributed by atoms with Crippen LogP contribution in [-0.4, -0.2) is 24.6 Å². The maximum atomic E-state index is 4.42. The Balaban J connectivity index is 1.94. The molecular weight excluding hydrogens is 238 g/mol. The molecule has 0 aliphatic heterocycles. The van der Waals surface area contributed by atoms with Crippen molar-refractivity contribution in [3.8, 4) is 0 Å². The second kappa shape index (κ2) is 5.57. The number of aryl methyl sites for hydroxylation is 3. The molecular formula is C14H23N5. The number of nitrogens with zero attached hydrogens (tertiary/aromatic N) is 4. The lowest BCUT2D eigenvalue weighted by molar-refractivity contribution is 0.409. The first-order valence-corrected chi connectivity index (χ1v) is 6.68. The highest BCUT2D eigenvalue weighted by molar-refractivity contribution is 4.94. The molecule has 0 unspecified atom stereocenters. The van der Waals surface area contributed by atoms with Crippen LogP contribution in [0.15, 0.2) is 24.8 Å². The molecule has 104 valence electrons. The van der Waals surface area contributed by atoms with E-state index in [0.717, 1.165) is 31.3 Å². The van der Waals surface area contributed by atoms with Crippen molar-refractivity contribution in [2.75, 3.05) is 0 Å². The molecule has 2 aromatic heterocycles. The molecule has 0 fully saturated rings. The van der Waals surface area contributed by atoms with Gasteiger partial charge in [0.15, 0.2) is 0 Å². The summed E-state index contributed by atoms with van der Waals surface area (Å²) < 4.78 is 4.35. The minimum absolute atomic E-state index is 0.109. The Bertz CT molecular complexity index is 518. The van der Waals surface area contributed by atoms with Gasteiger partial charge < -0.3 is 14.5 Å². The molecule has 0 aromatic carbocycles. The standard InChI is InChI=1S/C14H23N5/c1-12-15-5-7-18(12)9-10-19-8-6-16-13(19)11-17-14(2,3)4/h5-8,17H,9-11H2,1-4H3. The Morgan fingerprint density at radius 3 is 2.32 bits per heavy atom. The average Bonchev–Trinajstić information content (AvgIpc) is 2.91. The highest BCUT2D eigenvalue weighted by Gasteiger charge is 2.11. The fraction of sp³-hybridized carbons (Fsp3) is 0.571. The molecule has 0 bridgehead atoms. The van der Waals surface area contributed by atoms with Crippen LogP contribution in [0, 0.1) is 6.92 Å². The molecule has 0 saturated heterocycles. The van der Waals surface area contributed by atoms with Crippen molar-refractivity contribution < 1.29 is 0 Å². The summed E-state index contributed by atoms with van der Waals surface area (Å²) >= 11 is 0. The van der Waals surface area contributed by atoms with E-state index in [1.165, 1.54) is 0 Å². The lowest BCUT2D eigenvalue weighted by Crippen LogP contribution is -2.36. The van der Waals surface area contributed by atoms with Crippen LogP contribution in [0.5, 0.6) is 0 Å². The molecule has 0 amide bonds. The van der Waals surface area contributed by atoms with Gasteiger partial charge in [-0.2, -0.15) is 0 Å². The van der Waals surface area contributed by atoms with E-state index in [0.29, 0.717) is 0 Å². The summed E-state index contributed by atoms with van der Waals surface area (Å²) in [4.78, 5) is 8.65. The Hall–Kier alpha value is -1.62. The van der Waals surface area contributed by atoms with Crippen molar-refractivity contribution in [2.24, 2.45) is 0 Å². The molecule has 0 aliphatic carbocycles. The van der Waals surface area contributed by atoms with Gasteiger partial charge in [-0.3, -0.25) is 0 Å². The summed E-state index contributed by atoms with van der Waals surface area (Å²) in [6.45, 7) is 11.1. The van der Waals surface area contributed by atoms with Gasteiger partial charge in [-0.1, -0.05) is 0 Å². The van der Waals surface area contributed by atoms with Gasteiger partial charge >= 0.3 is 0 Å². The lowest BCUT2D eigenvalue weighted by atomic mass is 10.1. The van der Waals surface area contributed by atoms with Crippen LogP contribution in [-0.2, 0) is 19.6 Å². The normalized spacial score (nSPS) is 12.0. The van der Waals surface area contributed by atoms with Crippen molar-refractivity contribution in [3.05, 3.63) is 36.4 Å². The zero-order valence-corrected chi connectivity index (χ0v) is 12.2. The fourth-order valence-electron chi connectivity index (χ4n) is 1.91. The van der Waals surface area contributed by atoms with Gasteiger partial charge in [0.05, 0.1) is 6.54 Å². The van der Waals surface area contributed by atoms with E-state index in [2.05, 4.69) is 45.2 Å². The predicted octanol–water partition coefficient (Wildman–Crippen LogP) is 1.98. The summed E-state index contributed by atoms with van der Waals surface area (Å²) in [5.74, 6) is 2.13. The van der Waals surface area contributed by atoms with Gasteiger partial charge in [0, 0.05) is 43.4 Å². The number of aromatic nitrogens is 4. The molecule has 19 heavy (non-hydrogen) atoms. The minimum Gasteiger partial charge on any atom is -0.333 e. The van der Waals surface area contributed by atoms with Crippen molar-refractivity contribution >= 4 is 0 Å². The second-order valence-corrected chi connectivity index (χ2v) is 5.81. The number of hydrogen-bond donors (Lipinski definition) is 1. The van der Waals surface area contributed by atoms with Gasteiger partial charge in [0.1, 0.15) is 11.6 Å². The molecule has 2 aromatic rings. The summed E-state index contributed by atoms with van der Waals surface area (Å²) in [6, 6.07) is 0. The molecule has 2 rings (SSSR count). The largest absolute Gasteiger partial charge is 0.333 e. The molecule has 0 saturated carbocycles. The third kappa shape index (κ3) is 3.92. The van der Waals surface area contributed by atoms with Crippen molar-refractivity contribution in [3.63, 3.8) is 0 Å². The third-order valence-electron chi connectivity index (χ3n) is 3.08. The number of imidazole rings is 2. The third-order valence-corrected chi connectivity index (χ3v) is 3.08. The van der Waals surface area contributed by atoms with E-state index in [1.54, 1.807) is 0 Å². The molecule has 0 spiro atoms. The van der Waals surface area contributed by atoms with Crippen LogP contribution in [0.1, 0.15) is 32.4 Å². The molecule has 0 aliphatic rings. The highest BCUT2D eigenvalue weighted by Crippen LogP contribution is 2.04. The zero-order valence-electron chi connectivity index (χ0n) is 12.2. The first-order valence-electron chi connectivity index (χ1n) is 6.68. The van der Waals surface area contributed by atoms with E-state index in [4.69, 9.17) is 0 Å². The smallest absolute Gasteiger partial charge is 0.122 e. The van der Waals surface area contributed by atoms with Crippen molar-refractivity contribution in [1.82, 2.24) is 24.4 Å².